The molecule has 172 valence electrons. The molecule has 3 aromatic rings. The Bertz CT molecular complexity index is 1130. The average molecular weight is 471 g/mol. The molecule has 8 nitrogen and oxygen atoms in total. The standard InChI is InChI=1S/C24H23ClN2O6/c1-15-20(16(2)33-27-15)13-31-21-10-4-17(12-22(21)30-3)5-11-24(29)32-14-23(28)26-19-8-6-18(25)7-9-19/h4-12H,13-14H2,1-3H3,(H,26,28)/b11-5+. The summed E-state index contributed by atoms with van der Waals surface area (Å²) in [4.78, 5) is 23.9. The summed E-state index contributed by atoms with van der Waals surface area (Å²) < 4.78 is 21.3. The van der Waals surface area contributed by atoms with Gasteiger partial charge in [0.05, 0.1) is 18.4 Å². The number of aromatic nitrogens is 1. The zero-order chi connectivity index (χ0) is 23.8. The van der Waals surface area contributed by atoms with Gasteiger partial charge < -0.3 is 24.1 Å². The maximum Gasteiger partial charge on any atom is 0.331 e. The SMILES string of the molecule is COc1cc(/C=C/C(=O)OCC(=O)Nc2ccc(Cl)cc2)ccc1OCc1c(C)noc1C. The first kappa shape index (κ1) is 23.9. The zero-order valence-corrected chi connectivity index (χ0v) is 19.1. The van der Waals surface area contributed by atoms with Crippen molar-refractivity contribution in [1.82, 2.24) is 5.16 Å². The molecule has 1 N–H and O–H groups in total. The minimum Gasteiger partial charge on any atom is -0.493 e. The van der Waals surface area contributed by atoms with Crippen LogP contribution < -0.4 is 14.8 Å². The van der Waals surface area contributed by atoms with Crippen molar-refractivity contribution in [2.45, 2.75) is 20.5 Å². The fourth-order valence-corrected chi connectivity index (χ4v) is 2.97. The molecule has 9 heteroatoms. The summed E-state index contributed by atoms with van der Waals surface area (Å²) in [5.74, 6) is 0.626. The quantitative estimate of drug-likeness (QED) is 0.356. The predicted octanol–water partition coefficient (Wildman–Crippen LogP) is 4.73. The van der Waals surface area contributed by atoms with Gasteiger partial charge >= 0.3 is 5.97 Å². The van der Waals surface area contributed by atoms with Crippen molar-refractivity contribution < 1.29 is 28.3 Å². The zero-order valence-electron chi connectivity index (χ0n) is 18.4. The summed E-state index contributed by atoms with van der Waals surface area (Å²) >= 11 is 5.80. The van der Waals surface area contributed by atoms with Crippen LogP contribution in [0.15, 0.2) is 53.1 Å². The van der Waals surface area contributed by atoms with Crippen LogP contribution in [0.25, 0.3) is 6.08 Å². The van der Waals surface area contributed by atoms with E-state index >= 15 is 0 Å². The maximum atomic E-state index is 12.0. The van der Waals surface area contributed by atoms with Gasteiger partial charge in [-0.1, -0.05) is 22.8 Å². The number of methoxy groups -OCH3 is 1. The largest absolute Gasteiger partial charge is 0.493 e. The number of carbonyl (C=O) groups excluding carboxylic acids is 2. The van der Waals surface area contributed by atoms with Gasteiger partial charge in [-0.05, 0) is 61.9 Å². The Hall–Kier alpha value is -3.78. The van der Waals surface area contributed by atoms with Crippen LogP contribution >= 0.6 is 11.6 Å². The van der Waals surface area contributed by atoms with Crippen LogP contribution in [0.5, 0.6) is 11.5 Å². The van der Waals surface area contributed by atoms with Crippen LogP contribution in [0, 0.1) is 13.8 Å². The van der Waals surface area contributed by atoms with Crippen molar-refractivity contribution in [3.8, 4) is 11.5 Å². The molecular weight excluding hydrogens is 448 g/mol. The first-order valence-corrected chi connectivity index (χ1v) is 10.4. The summed E-state index contributed by atoms with van der Waals surface area (Å²) in [6.45, 7) is 3.55. The molecule has 0 unspecified atom stereocenters. The van der Waals surface area contributed by atoms with Gasteiger partial charge in [-0.2, -0.15) is 0 Å². The van der Waals surface area contributed by atoms with Crippen molar-refractivity contribution in [1.29, 1.82) is 0 Å². The third-order valence-electron chi connectivity index (χ3n) is 4.63. The molecule has 3 rings (SSSR count). The molecule has 0 saturated heterocycles. The van der Waals surface area contributed by atoms with E-state index in [0.717, 1.165) is 11.3 Å². The van der Waals surface area contributed by atoms with E-state index in [1.807, 2.05) is 13.8 Å². The highest BCUT2D eigenvalue weighted by atomic mass is 35.5. The van der Waals surface area contributed by atoms with Gasteiger partial charge in [-0.15, -0.1) is 0 Å². The minimum absolute atomic E-state index is 0.289. The van der Waals surface area contributed by atoms with Gasteiger partial charge in [-0.3, -0.25) is 4.79 Å². The molecule has 33 heavy (non-hydrogen) atoms. The molecular formula is C24H23ClN2O6. The lowest BCUT2D eigenvalue weighted by molar-refractivity contribution is -0.142. The van der Waals surface area contributed by atoms with E-state index in [1.54, 1.807) is 48.5 Å². The smallest absolute Gasteiger partial charge is 0.331 e. The van der Waals surface area contributed by atoms with Crippen molar-refractivity contribution in [2.75, 3.05) is 19.0 Å². The van der Waals surface area contributed by atoms with E-state index < -0.39 is 18.5 Å². The van der Waals surface area contributed by atoms with Crippen LogP contribution in [-0.4, -0.2) is 30.7 Å². The number of benzene rings is 2. The Balaban J connectivity index is 1.52. The van der Waals surface area contributed by atoms with E-state index in [4.69, 9.17) is 30.3 Å². The Kier molecular flexibility index (Phi) is 8.10. The molecule has 1 amide bonds. The number of nitrogens with zero attached hydrogens (tertiary/aromatic N) is 1. The number of hydrogen-bond donors (Lipinski definition) is 1. The van der Waals surface area contributed by atoms with Gasteiger partial charge in [0.15, 0.2) is 18.1 Å². The second kappa shape index (κ2) is 11.2. The number of nitrogens with one attached hydrogen (secondary N) is 1. The van der Waals surface area contributed by atoms with Crippen LogP contribution in [0.2, 0.25) is 5.02 Å². The number of amides is 1. The molecule has 1 aromatic heterocycles. The van der Waals surface area contributed by atoms with Crippen molar-refractivity contribution in [3.63, 3.8) is 0 Å². The lowest BCUT2D eigenvalue weighted by Gasteiger charge is -2.11. The number of rotatable bonds is 9. The summed E-state index contributed by atoms with van der Waals surface area (Å²) in [5.41, 5.74) is 2.90. The van der Waals surface area contributed by atoms with Crippen LogP contribution in [0.1, 0.15) is 22.6 Å². The normalized spacial score (nSPS) is 10.8. The summed E-state index contributed by atoms with van der Waals surface area (Å²) in [5, 5.41) is 7.07. The Morgan fingerprint density at radius 1 is 1.12 bits per heavy atom. The highest BCUT2D eigenvalue weighted by molar-refractivity contribution is 6.30. The first-order chi connectivity index (χ1) is 15.9. The molecule has 0 atom stereocenters. The van der Waals surface area contributed by atoms with E-state index in [0.29, 0.717) is 33.5 Å². The van der Waals surface area contributed by atoms with Crippen molar-refractivity contribution >= 4 is 35.2 Å². The van der Waals surface area contributed by atoms with Gasteiger partial charge in [0, 0.05) is 16.8 Å². The van der Waals surface area contributed by atoms with E-state index in [1.165, 1.54) is 13.2 Å². The Morgan fingerprint density at radius 2 is 1.88 bits per heavy atom. The maximum absolute atomic E-state index is 12.0. The monoisotopic (exact) mass is 470 g/mol. The summed E-state index contributed by atoms with van der Waals surface area (Å²) in [6, 6.07) is 11.8. The third-order valence-corrected chi connectivity index (χ3v) is 4.88. The molecule has 0 aliphatic rings. The molecule has 0 aliphatic carbocycles. The third kappa shape index (κ3) is 6.85. The first-order valence-electron chi connectivity index (χ1n) is 9.98. The molecule has 0 fully saturated rings. The molecule has 0 spiro atoms. The molecule has 2 aromatic carbocycles. The topological polar surface area (TPSA) is 99.9 Å². The number of hydrogen-bond acceptors (Lipinski definition) is 7. The number of halogens is 1. The van der Waals surface area contributed by atoms with E-state index in [9.17, 15) is 9.59 Å². The highest BCUT2D eigenvalue weighted by Gasteiger charge is 2.12. The Morgan fingerprint density at radius 3 is 2.55 bits per heavy atom. The molecule has 0 saturated carbocycles. The highest BCUT2D eigenvalue weighted by Crippen LogP contribution is 2.30. The fourth-order valence-electron chi connectivity index (χ4n) is 2.84. The molecule has 1 heterocycles. The van der Waals surface area contributed by atoms with Gasteiger partial charge in [0.1, 0.15) is 12.4 Å². The minimum atomic E-state index is -0.654. The fraction of sp³-hybridized carbons (Fsp3) is 0.208. The van der Waals surface area contributed by atoms with E-state index in [2.05, 4.69) is 10.5 Å². The average Bonchev–Trinajstić information content (AvgIpc) is 3.13. The lowest BCUT2D eigenvalue weighted by Crippen LogP contribution is -2.20. The number of aryl methyl sites for hydroxylation is 2. The van der Waals surface area contributed by atoms with Gasteiger partial charge in [-0.25, -0.2) is 4.79 Å². The number of ether oxygens (including phenoxy) is 3. The van der Waals surface area contributed by atoms with Crippen LogP contribution in [0.4, 0.5) is 5.69 Å². The predicted molar refractivity (Wildman–Crippen MR) is 123 cm³/mol. The van der Waals surface area contributed by atoms with Crippen molar-refractivity contribution in [3.05, 3.63) is 76.1 Å². The van der Waals surface area contributed by atoms with Crippen LogP contribution in [-0.2, 0) is 20.9 Å². The van der Waals surface area contributed by atoms with Gasteiger partial charge in [0.25, 0.3) is 5.91 Å². The second-order valence-electron chi connectivity index (χ2n) is 7.00. The molecule has 0 bridgehead atoms. The number of carbonyl (C=O) groups is 2. The Labute approximate surface area is 196 Å². The van der Waals surface area contributed by atoms with Crippen LogP contribution in [0.3, 0.4) is 0 Å². The van der Waals surface area contributed by atoms with Crippen molar-refractivity contribution in [2.24, 2.45) is 0 Å². The summed E-state index contributed by atoms with van der Waals surface area (Å²) in [6.07, 6.45) is 2.79. The van der Waals surface area contributed by atoms with Gasteiger partial charge in [0.2, 0.25) is 0 Å². The molecule has 0 aliphatic heterocycles. The lowest BCUT2D eigenvalue weighted by atomic mass is 10.2. The van der Waals surface area contributed by atoms with E-state index in [-0.39, 0.29) is 6.61 Å². The summed E-state index contributed by atoms with van der Waals surface area (Å²) in [7, 11) is 1.53. The number of esters is 1. The molecule has 0 radical (unpaired) electrons. The second-order valence-corrected chi connectivity index (χ2v) is 7.43. The number of anilines is 1.